The molecule has 2 heterocycles. The number of carbonyl (C=O) groups is 2. The lowest BCUT2D eigenvalue weighted by atomic mass is 10.2. The normalized spacial score (nSPS) is 13.3. The molecule has 126 valence electrons. The third-order valence-corrected chi connectivity index (χ3v) is 4.66. The minimum atomic E-state index is -0.297. The number of thiazole rings is 1. The maximum absolute atomic E-state index is 12.9. The quantitative estimate of drug-likeness (QED) is 0.895. The first-order valence-corrected chi connectivity index (χ1v) is 8.36. The zero-order valence-electron chi connectivity index (χ0n) is 13.1. The number of rotatable bonds is 3. The number of urea groups is 1. The Hall–Kier alpha value is -2.48. The van der Waals surface area contributed by atoms with Crippen molar-refractivity contribution in [1.82, 2.24) is 15.2 Å². The molecule has 3 amide bonds. The van der Waals surface area contributed by atoms with Crippen LogP contribution in [0.4, 0.5) is 14.3 Å². The Morgan fingerprint density at radius 3 is 2.79 bits per heavy atom. The molecule has 0 saturated heterocycles. The van der Waals surface area contributed by atoms with Gasteiger partial charge in [-0.05, 0) is 17.7 Å². The molecule has 2 N–H and O–H groups in total. The summed E-state index contributed by atoms with van der Waals surface area (Å²) < 4.78 is 12.9. The zero-order valence-corrected chi connectivity index (χ0v) is 14.0. The van der Waals surface area contributed by atoms with Gasteiger partial charge in [-0.3, -0.25) is 4.79 Å². The van der Waals surface area contributed by atoms with Crippen molar-refractivity contribution < 1.29 is 14.0 Å². The van der Waals surface area contributed by atoms with Gasteiger partial charge < -0.3 is 15.5 Å². The molecule has 1 aliphatic rings. The molecule has 0 radical (unpaired) electrons. The SMILES string of the molecule is CC(=O)Nc1nc2c(s1)CN(C(=O)NCc1ccc(F)cc1)CC2. The van der Waals surface area contributed by atoms with Gasteiger partial charge in [0.1, 0.15) is 5.82 Å². The molecule has 0 fully saturated rings. The summed E-state index contributed by atoms with van der Waals surface area (Å²) in [5.41, 5.74) is 1.78. The van der Waals surface area contributed by atoms with Gasteiger partial charge in [-0.25, -0.2) is 14.2 Å². The van der Waals surface area contributed by atoms with Crippen molar-refractivity contribution in [2.45, 2.75) is 26.4 Å². The Bertz CT molecular complexity index is 760. The van der Waals surface area contributed by atoms with Gasteiger partial charge in [0, 0.05) is 31.3 Å². The Morgan fingerprint density at radius 1 is 1.33 bits per heavy atom. The van der Waals surface area contributed by atoms with E-state index in [0.717, 1.165) is 16.1 Å². The van der Waals surface area contributed by atoms with Crippen LogP contribution < -0.4 is 10.6 Å². The molecule has 24 heavy (non-hydrogen) atoms. The second kappa shape index (κ2) is 6.96. The minimum absolute atomic E-state index is 0.157. The molecule has 0 spiro atoms. The molecule has 0 unspecified atom stereocenters. The largest absolute Gasteiger partial charge is 0.334 e. The van der Waals surface area contributed by atoms with E-state index in [1.165, 1.54) is 30.4 Å². The summed E-state index contributed by atoms with van der Waals surface area (Å²) in [7, 11) is 0. The van der Waals surface area contributed by atoms with Crippen LogP contribution in [-0.2, 0) is 24.3 Å². The summed E-state index contributed by atoms with van der Waals surface area (Å²) >= 11 is 1.39. The predicted octanol–water partition coefficient (Wildman–Crippen LogP) is 2.51. The third kappa shape index (κ3) is 3.88. The number of nitrogens with one attached hydrogen (secondary N) is 2. The predicted molar refractivity (Wildman–Crippen MR) is 89.2 cm³/mol. The van der Waals surface area contributed by atoms with E-state index >= 15 is 0 Å². The lowest BCUT2D eigenvalue weighted by Gasteiger charge is -2.26. The molecular formula is C16H17FN4O2S. The molecule has 3 rings (SSSR count). The Labute approximate surface area is 142 Å². The number of nitrogens with zero attached hydrogens (tertiary/aromatic N) is 2. The second-order valence-corrected chi connectivity index (χ2v) is 6.61. The summed E-state index contributed by atoms with van der Waals surface area (Å²) in [6.45, 7) is 2.84. The molecule has 6 nitrogen and oxygen atoms in total. The molecule has 1 aliphatic heterocycles. The van der Waals surface area contributed by atoms with Crippen LogP contribution in [-0.4, -0.2) is 28.4 Å². The molecule has 2 aromatic rings. The fraction of sp³-hybridized carbons (Fsp3) is 0.312. The van der Waals surface area contributed by atoms with Gasteiger partial charge in [-0.15, -0.1) is 0 Å². The van der Waals surface area contributed by atoms with Crippen molar-refractivity contribution in [2.24, 2.45) is 0 Å². The highest BCUT2D eigenvalue weighted by atomic mass is 32.1. The Morgan fingerprint density at radius 2 is 2.08 bits per heavy atom. The van der Waals surface area contributed by atoms with Crippen LogP contribution in [0.25, 0.3) is 0 Å². The van der Waals surface area contributed by atoms with Crippen LogP contribution in [0.5, 0.6) is 0 Å². The molecular weight excluding hydrogens is 331 g/mol. The minimum Gasteiger partial charge on any atom is -0.334 e. The van der Waals surface area contributed by atoms with E-state index in [2.05, 4.69) is 15.6 Å². The lowest BCUT2D eigenvalue weighted by Crippen LogP contribution is -2.42. The maximum atomic E-state index is 12.9. The van der Waals surface area contributed by atoms with Crippen LogP contribution in [0.1, 0.15) is 23.1 Å². The smallest absolute Gasteiger partial charge is 0.318 e. The zero-order chi connectivity index (χ0) is 17.1. The van der Waals surface area contributed by atoms with Crippen molar-refractivity contribution in [3.63, 3.8) is 0 Å². The van der Waals surface area contributed by atoms with Crippen LogP contribution in [0, 0.1) is 5.82 Å². The number of aromatic nitrogens is 1. The number of hydrogen-bond donors (Lipinski definition) is 2. The first kappa shape index (κ1) is 16.4. The van der Waals surface area contributed by atoms with Crippen molar-refractivity contribution in [1.29, 1.82) is 0 Å². The van der Waals surface area contributed by atoms with Gasteiger partial charge >= 0.3 is 6.03 Å². The number of anilines is 1. The molecule has 1 aromatic heterocycles. The van der Waals surface area contributed by atoms with Gasteiger partial charge in [0.25, 0.3) is 0 Å². The summed E-state index contributed by atoms with van der Waals surface area (Å²) in [4.78, 5) is 30.5. The Balaban J connectivity index is 1.58. The highest BCUT2D eigenvalue weighted by Gasteiger charge is 2.24. The average molecular weight is 348 g/mol. The van der Waals surface area contributed by atoms with Crippen molar-refractivity contribution in [2.75, 3.05) is 11.9 Å². The first-order chi connectivity index (χ1) is 11.5. The highest BCUT2D eigenvalue weighted by Crippen LogP contribution is 2.28. The van der Waals surface area contributed by atoms with Gasteiger partial charge in [0.2, 0.25) is 5.91 Å². The maximum Gasteiger partial charge on any atom is 0.318 e. The fourth-order valence-corrected chi connectivity index (χ4v) is 3.53. The van der Waals surface area contributed by atoms with E-state index in [1.54, 1.807) is 17.0 Å². The van der Waals surface area contributed by atoms with E-state index in [-0.39, 0.29) is 17.8 Å². The molecule has 8 heteroatoms. The summed E-state index contributed by atoms with van der Waals surface area (Å²) in [6, 6.07) is 5.87. The summed E-state index contributed by atoms with van der Waals surface area (Å²) in [6.07, 6.45) is 0.662. The van der Waals surface area contributed by atoms with E-state index in [4.69, 9.17) is 0 Å². The van der Waals surface area contributed by atoms with Crippen molar-refractivity contribution in [3.8, 4) is 0 Å². The average Bonchev–Trinajstić information content (AvgIpc) is 2.94. The van der Waals surface area contributed by atoms with E-state index < -0.39 is 0 Å². The highest BCUT2D eigenvalue weighted by molar-refractivity contribution is 7.15. The lowest BCUT2D eigenvalue weighted by molar-refractivity contribution is -0.114. The van der Waals surface area contributed by atoms with Gasteiger partial charge in [0.05, 0.1) is 12.2 Å². The Kier molecular flexibility index (Phi) is 4.75. The molecule has 0 aliphatic carbocycles. The number of amides is 3. The van der Waals surface area contributed by atoms with Crippen molar-refractivity contribution in [3.05, 3.63) is 46.2 Å². The van der Waals surface area contributed by atoms with Crippen LogP contribution >= 0.6 is 11.3 Å². The van der Waals surface area contributed by atoms with Crippen LogP contribution in [0.2, 0.25) is 0 Å². The summed E-state index contributed by atoms with van der Waals surface area (Å²) in [5, 5.41) is 6.08. The van der Waals surface area contributed by atoms with Gasteiger partial charge in [0.15, 0.2) is 5.13 Å². The fourth-order valence-electron chi connectivity index (χ4n) is 2.46. The molecule has 1 aromatic carbocycles. The molecule has 0 saturated carbocycles. The number of halogens is 1. The molecule has 0 atom stereocenters. The van der Waals surface area contributed by atoms with Crippen LogP contribution in [0.3, 0.4) is 0 Å². The molecule has 0 bridgehead atoms. The number of fused-ring (bicyclic) bond motifs is 1. The van der Waals surface area contributed by atoms with Crippen LogP contribution in [0.15, 0.2) is 24.3 Å². The van der Waals surface area contributed by atoms with Gasteiger partial charge in [-0.2, -0.15) is 0 Å². The number of hydrogen-bond acceptors (Lipinski definition) is 4. The number of carbonyl (C=O) groups excluding carboxylic acids is 2. The van der Waals surface area contributed by atoms with Crippen molar-refractivity contribution >= 4 is 28.4 Å². The van der Waals surface area contributed by atoms with Gasteiger partial charge in [-0.1, -0.05) is 23.5 Å². The topological polar surface area (TPSA) is 74.3 Å². The first-order valence-electron chi connectivity index (χ1n) is 7.54. The standard InChI is InChI=1S/C16H17FN4O2S/c1-10(22)19-15-20-13-6-7-21(9-14(13)24-15)16(23)18-8-11-2-4-12(17)5-3-11/h2-5H,6-9H2,1H3,(H,18,23)(H,19,20,22). The number of benzene rings is 1. The second-order valence-electron chi connectivity index (χ2n) is 5.53. The van der Waals surface area contributed by atoms with E-state index in [9.17, 15) is 14.0 Å². The van der Waals surface area contributed by atoms with E-state index in [1.807, 2.05) is 0 Å². The monoisotopic (exact) mass is 348 g/mol. The summed E-state index contributed by atoms with van der Waals surface area (Å²) in [5.74, 6) is -0.455. The third-order valence-electron chi connectivity index (χ3n) is 3.66. The van der Waals surface area contributed by atoms with E-state index in [0.29, 0.717) is 31.2 Å².